The number of hydrogen-bond acceptors (Lipinski definition) is 3. The molecule has 1 fully saturated rings. The zero-order valence-corrected chi connectivity index (χ0v) is 7.32. The van der Waals surface area contributed by atoms with Crippen LogP contribution < -0.4 is 0 Å². The number of furan rings is 1. The molecule has 3 nitrogen and oxygen atoms in total. The van der Waals surface area contributed by atoms with Crippen LogP contribution in [-0.2, 0) is 10.2 Å². The van der Waals surface area contributed by atoms with Crippen molar-refractivity contribution in [1.82, 2.24) is 0 Å². The number of ether oxygens (including phenoxy) is 1. The van der Waals surface area contributed by atoms with Crippen molar-refractivity contribution in [2.24, 2.45) is 0 Å². The Labute approximate surface area is 76.9 Å². The molecule has 0 radical (unpaired) electrons. The fraction of sp³-hybridized carbons (Fsp3) is 0.500. The molecule has 0 aliphatic carbocycles. The van der Waals surface area contributed by atoms with E-state index in [-0.39, 0.29) is 5.41 Å². The van der Waals surface area contributed by atoms with Crippen LogP contribution in [0.3, 0.4) is 0 Å². The summed E-state index contributed by atoms with van der Waals surface area (Å²) in [6, 6.07) is 5.99. The van der Waals surface area contributed by atoms with Crippen LogP contribution in [0, 0.1) is 11.3 Å². The Bertz CT molecular complexity index is 306. The number of hydrogen-bond donors (Lipinski definition) is 0. The summed E-state index contributed by atoms with van der Waals surface area (Å²) in [4.78, 5) is 0. The predicted octanol–water partition coefficient (Wildman–Crippen LogP) is 1.85. The maximum atomic E-state index is 8.53. The summed E-state index contributed by atoms with van der Waals surface area (Å²) in [5.41, 5.74) is -0.0147. The normalized spacial score (nSPS) is 19.0. The summed E-state index contributed by atoms with van der Waals surface area (Å²) in [5, 5.41) is 8.53. The smallest absolute Gasteiger partial charge is 0.114 e. The molecule has 1 aliphatic rings. The third-order valence-corrected chi connectivity index (χ3v) is 2.52. The van der Waals surface area contributed by atoms with Crippen LogP contribution in [0.15, 0.2) is 22.8 Å². The summed E-state index contributed by atoms with van der Waals surface area (Å²) in [6.07, 6.45) is 3.06. The third kappa shape index (κ3) is 1.34. The summed E-state index contributed by atoms with van der Waals surface area (Å²) >= 11 is 0. The van der Waals surface area contributed by atoms with E-state index in [9.17, 15) is 0 Å². The first-order chi connectivity index (χ1) is 6.37. The Kier molecular flexibility index (Phi) is 2.07. The van der Waals surface area contributed by atoms with E-state index in [2.05, 4.69) is 6.07 Å². The van der Waals surface area contributed by atoms with Gasteiger partial charge in [0.15, 0.2) is 0 Å². The molecule has 3 heteroatoms. The molecule has 13 heavy (non-hydrogen) atoms. The zero-order valence-electron chi connectivity index (χ0n) is 7.32. The number of rotatable bonds is 3. The minimum absolute atomic E-state index is 0.0147. The van der Waals surface area contributed by atoms with Gasteiger partial charge < -0.3 is 9.15 Å². The van der Waals surface area contributed by atoms with Gasteiger partial charge in [0, 0.05) is 6.42 Å². The molecule has 0 bridgehead atoms. The van der Waals surface area contributed by atoms with Gasteiger partial charge in [-0.1, -0.05) is 0 Å². The van der Waals surface area contributed by atoms with Gasteiger partial charge in [-0.2, -0.15) is 5.26 Å². The second kappa shape index (κ2) is 3.23. The summed E-state index contributed by atoms with van der Waals surface area (Å²) in [7, 11) is 0. The van der Waals surface area contributed by atoms with Gasteiger partial charge in [0.2, 0.25) is 0 Å². The molecular formula is C10H11NO2. The highest BCUT2D eigenvalue weighted by Crippen LogP contribution is 2.36. The lowest BCUT2D eigenvalue weighted by atomic mass is 9.79. The van der Waals surface area contributed by atoms with E-state index < -0.39 is 0 Å². The number of nitrogens with zero attached hydrogens (tertiary/aromatic N) is 1. The van der Waals surface area contributed by atoms with Crippen LogP contribution in [0.4, 0.5) is 0 Å². The van der Waals surface area contributed by atoms with E-state index in [0.717, 1.165) is 12.2 Å². The average Bonchev–Trinajstić information content (AvgIpc) is 2.56. The first-order valence-corrected chi connectivity index (χ1v) is 4.36. The molecule has 0 atom stereocenters. The quantitative estimate of drug-likeness (QED) is 0.707. The molecule has 0 amide bonds. The summed E-state index contributed by atoms with van der Waals surface area (Å²) in [6.45, 7) is 1.37. The number of nitriles is 1. The van der Waals surface area contributed by atoms with E-state index in [4.69, 9.17) is 14.4 Å². The topological polar surface area (TPSA) is 46.2 Å². The first-order valence-electron chi connectivity index (χ1n) is 4.36. The van der Waals surface area contributed by atoms with E-state index in [0.29, 0.717) is 19.6 Å². The van der Waals surface area contributed by atoms with Crippen molar-refractivity contribution in [2.75, 3.05) is 13.2 Å². The van der Waals surface area contributed by atoms with E-state index >= 15 is 0 Å². The van der Waals surface area contributed by atoms with Gasteiger partial charge in [0.05, 0.1) is 31.0 Å². The fourth-order valence-electron chi connectivity index (χ4n) is 1.63. The van der Waals surface area contributed by atoms with Gasteiger partial charge in [-0.05, 0) is 18.6 Å². The van der Waals surface area contributed by atoms with E-state index in [1.807, 2.05) is 12.1 Å². The van der Waals surface area contributed by atoms with Crippen LogP contribution >= 0.6 is 0 Å². The minimum atomic E-state index is -0.0147. The third-order valence-electron chi connectivity index (χ3n) is 2.52. The van der Waals surface area contributed by atoms with Gasteiger partial charge in [-0.15, -0.1) is 0 Å². The van der Waals surface area contributed by atoms with Gasteiger partial charge in [0.1, 0.15) is 5.76 Å². The molecule has 0 spiro atoms. The van der Waals surface area contributed by atoms with Crippen molar-refractivity contribution in [3.8, 4) is 6.07 Å². The van der Waals surface area contributed by atoms with Gasteiger partial charge in [-0.3, -0.25) is 0 Å². The standard InChI is InChI=1S/C10H11NO2/c11-5-2-4-10(7-12-8-10)9-3-1-6-13-9/h1,3,6H,2,4,7-8H2. The second-order valence-electron chi connectivity index (χ2n) is 3.41. The maximum Gasteiger partial charge on any atom is 0.114 e. The molecule has 2 rings (SSSR count). The Morgan fingerprint density at radius 2 is 2.38 bits per heavy atom. The fourth-order valence-corrected chi connectivity index (χ4v) is 1.63. The molecule has 1 aliphatic heterocycles. The van der Waals surface area contributed by atoms with Crippen LogP contribution in [0.2, 0.25) is 0 Å². The molecule has 2 heterocycles. The van der Waals surface area contributed by atoms with Crippen LogP contribution in [0.25, 0.3) is 0 Å². The molecule has 0 aromatic carbocycles. The lowest BCUT2D eigenvalue weighted by Crippen LogP contribution is -2.46. The SMILES string of the molecule is N#CCCC1(c2ccco2)COC1. The lowest BCUT2D eigenvalue weighted by molar-refractivity contribution is -0.0735. The van der Waals surface area contributed by atoms with Gasteiger partial charge >= 0.3 is 0 Å². The maximum absolute atomic E-state index is 8.53. The van der Waals surface area contributed by atoms with E-state index in [1.165, 1.54) is 0 Å². The molecule has 0 saturated carbocycles. The minimum Gasteiger partial charge on any atom is -0.469 e. The lowest BCUT2D eigenvalue weighted by Gasteiger charge is -2.39. The molecule has 1 saturated heterocycles. The first kappa shape index (κ1) is 8.33. The summed E-state index contributed by atoms with van der Waals surface area (Å²) < 4.78 is 10.5. The largest absolute Gasteiger partial charge is 0.469 e. The van der Waals surface area contributed by atoms with Crippen molar-refractivity contribution >= 4 is 0 Å². The van der Waals surface area contributed by atoms with Crippen LogP contribution in [-0.4, -0.2) is 13.2 Å². The molecule has 1 aromatic heterocycles. The van der Waals surface area contributed by atoms with Crippen molar-refractivity contribution in [2.45, 2.75) is 18.3 Å². The summed E-state index contributed by atoms with van der Waals surface area (Å²) in [5.74, 6) is 0.953. The van der Waals surface area contributed by atoms with Crippen LogP contribution in [0.5, 0.6) is 0 Å². The highest BCUT2D eigenvalue weighted by atomic mass is 16.5. The molecule has 68 valence electrons. The van der Waals surface area contributed by atoms with Crippen molar-refractivity contribution in [3.63, 3.8) is 0 Å². The molecule has 0 N–H and O–H groups in total. The molecule has 0 unspecified atom stereocenters. The zero-order chi connectivity index (χ0) is 9.15. The Hall–Kier alpha value is -1.27. The van der Waals surface area contributed by atoms with Crippen molar-refractivity contribution in [1.29, 1.82) is 5.26 Å². The average molecular weight is 177 g/mol. The molecule has 1 aromatic rings. The predicted molar refractivity (Wildman–Crippen MR) is 46.1 cm³/mol. The Balaban J connectivity index is 2.12. The second-order valence-corrected chi connectivity index (χ2v) is 3.41. The molecular weight excluding hydrogens is 166 g/mol. The Morgan fingerprint density at radius 3 is 2.85 bits per heavy atom. The van der Waals surface area contributed by atoms with Crippen molar-refractivity contribution < 1.29 is 9.15 Å². The van der Waals surface area contributed by atoms with Crippen LogP contribution in [0.1, 0.15) is 18.6 Å². The monoisotopic (exact) mass is 177 g/mol. The van der Waals surface area contributed by atoms with Gasteiger partial charge in [0.25, 0.3) is 0 Å². The Morgan fingerprint density at radius 1 is 1.54 bits per heavy atom. The highest BCUT2D eigenvalue weighted by molar-refractivity contribution is 5.18. The van der Waals surface area contributed by atoms with Crippen molar-refractivity contribution in [3.05, 3.63) is 24.2 Å². The van der Waals surface area contributed by atoms with Gasteiger partial charge in [-0.25, -0.2) is 0 Å². The van der Waals surface area contributed by atoms with E-state index in [1.54, 1.807) is 6.26 Å². The highest BCUT2D eigenvalue weighted by Gasteiger charge is 2.42.